The van der Waals surface area contributed by atoms with Gasteiger partial charge in [-0.2, -0.15) is 0 Å². The lowest BCUT2D eigenvalue weighted by Crippen LogP contribution is -2.50. The van der Waals surface area contributed by atoms with Gasteiger partial charge in [-0.05, 0) is 25.0 Å². The molecule has 3 N–H and O–H groups in total. The predicted octanol–water partition coefficient (Wildman–Crippen LogP) is 1.98. The number of nitrogens with one attached hydrogen (secondary N) is 1. The van der Waals surface area contributed by atoms with Crippen molar-refractivity contribution in [3.63, 3.8) is 0 Å². The van der Waals surface area contributed by atoms with Crippen LogP contribution in [0, 0.1) is 5.41 Å². The zero-order valence-electron chi connectivity index (χ0n) is 11.6. The average molecular weight is 291 g/mol. The van der Waals surface area contributed by atoms with Crippen LogP contribution in [0.5, 0.6) is 0 Å². The number of nitrogens with zero attached hydrogens (tertiary/aromatic N) is 1. The van der Waals surface area contributed by atoms with E-state index in [1.165, 1.54) is 0 Å². The predicted molar refractivity (Wildman–Crippen MR) is 83.3 cm³/mol. The van der Waals surface area contributed by atoms with Crippen LogP contribution in [0.3, 0.4) is 0 Å². The summed E-state index contributed by atoms with van der Waals surface area (Å²) >= 11 is 5.15. The van der Waals surface area contributed by atoms with E-state index in [9.17, 15) is 4.79 Å². The molecule has 2 rings (SSSR count). The van der Waals surface area contributed by atoms with Gasteiger partial charge >= 0.3 is 0 Å². The van der Waals surface area contributed by atoms with Crippen molar-refractivity contribution in [3.8, 4) is 0 Å². The number of thiocarbonyl (C=S) groups is 1. The summed E-state index contributed by atoms with van der Waals surface area (Å²) in [6.07, 6.45) is 7.23. The molecule has 0 unspecified atom stereocenters. The minimum atomic E-state index is -0.627. The van der Waals surface area contributed by atoms with Gasteiger partial charge in [-0.25, -0.2) is 0 Å². The molecule has 0 atom stereocenters. The van der Waals surface area contributed by atoms with E-state index < -0.39 is 5.41 Å². The smallest absolute Gasteiger partial charge is 0.233 e. The number of rotatable bonds is 5. The number of hydrogen-bond donors (Lipinski definition) is 2. The van der Waals surface area contributed by atoms with Crippen molar-refractivity contribution < 1.29 is 4.79 Å². The average Bonchev–Trinajstić information content (AvgIpc) is 2.48. The zero-order chi connectivity index (χ0) is 14.4. The maximum Gasteiger partial charge on any atom is 0.233 e. The highest BCUT2D eigenvalue weighted by molar-refractivity contribution is 7.80. The first-order valence-electron chi connectivity index (χ1n) is 7.13. The topological polar surface area (TPSA) is 68.0 Å². The minimum absolute atomic E-state index is 0.0133. The Hall–Kier alpha value is -1.49. The molecule has 0 aliphatic heterocycles. The third kappa shape index (κ3) is 3.33. The molecule has 1 amide bonds. The van der Waals surface area contributed by atoms with Crippen LogP contribution >= 0.6 is 12.2 Å². The first-order valence-corrected chi connectivity index (χ1v) is 7.54. The maximum absolute atomic E-state index is 12.5. The second kappa shape index (κ2) is 6.79. The Balaban J connectivity index is 1.91. The van der Waals surface area contributed by atoms with Crippen LogP contribution in [0.15, 0.2) is 24.4 Å². The van der Waals surface area contributed by atoms with Crippen molar-refractivity contribution in [1.29, 1.82) is 0 Å². The van der Waals surface area contributed by atoms with Crippen molar-refractivity contribution in [1.82, 2.24) is 10.3 Å². The first kappa shape index (κ1) is 14.9. The van der Waals surface area contributed by atoms with Crippen LogP contribution in [0.4, 0.5) is 0 Å². The number of hydrogen-bond acceptors (Lipinski definition) is 3. The zero-order valence-corrected chi connectivity index (χ0v) is 12.4. The minimum Gasteiger partial charge on any atom is -0.392 e. The molecule has 4 nitrogen and oxygen atoms in total. The summed E-state index contributed by atoms with van der Waals surface area (Å²) in [5.41, 5.74) is 6.19. The first-order chi connectivity index (χ1) is 9.65. The molecule has 0 radical (unpaired) electrons. The highest BCUT2D eigenvalue weighted by atomic mass is 32.1. The van der Waals surface area contributed by atoms with Gasteiger partial charge in [0.15, 0.2) is 0 Å². The van der Waals surface area contributed by atoms with Gasteiger partial charge in [0.25, 0.3) is 0 Å². The fourth-order valence-corrected chi connectivity index (χ4v) is 3.06. The van der Waals surface area contributed by atoms with Gasteiger partial charge < -0.3 is 11.1 Å². The normalized spacial score (nSPS) is 17.4. The molecule has 5 heteroatoms. The van der Waals surface area contributed by atoms with Crippen LogP contribution in [-0.2, 0) is 11.2 Å². The van der Waals surface area contributed by atoms with E-state index in [1.807, 2.05) is 18.2 Å². The Morgan fingerprint density at radius 2 is 2.10 bits per heavy atom. The lowest BCUT2D eigenvalue weighted by atomic mass is 9.73. The summed E-state index contributed by atoms with van der Waals surface area (Å²) in [6, 6.07) is 5.78. The molecular formula is C15H21N3OS. The van der Waals surface area contributed by atoms with Gasteiger partial charge in [0, 0.05) is 24.9 Å². The van der Waals surface area contributed by atoms with Crippen LogP contribution in [-0.4, -0.2) is 22.4 Å². The molecule has 1 fully saturated rings. The Morgan fingerprint density at radius 3 is 2.70 bits per heavy atom. The van der Waals surface area contributed by atoms with Crippen LogP contribution in [0.1, 0.15) is 37.8 Å². The van der Waals surface area contributed by atoms with Gasteiger partial charge in [-0.1, -0.05) is 37.5 Å². The van der Waals surface area contributed by atoms with E-state index >= 15 is 0 Å². The van der Waals surface area contributed by atoms with Crippen molar-refractivity contribution >= 4 is 23.1 Å². The molecule has 1 aliphatic rings. The Bertz CT molecular complexity index is 469. The quantitative estimate of drug-likeness (QED) is 0.814. The highest BCUT2D eigenvalue weighted by Gasteiger charge is 2.42. The van der Waals surface area contributed by atoms with E-state index in [-0.39, 0.29) is 5.91 Å². The standard InChI is InChI=1S/C15H21N3OS/c16-13(20)15(8-3-1-4-9-15)14(19)18-11-7-12-6-2-5-10-17-12/h2,5-6,10H,1,3-4,7-9,11H2,(H2,16,20)(H,18,19). The van der Waals surface area contributed by atoms with E-state index in [2.05, 4.69) is 10.3 Å². The fraction of sp³-hybridized carbons (Fsp3) is 0.533. The third-order valence-corrected chi connectivity index (χ3v) is 4.40. The van der Waals surface area contributed by atoms with Crippen molar-refractivity contribution in [2.45, 2.75) is 38.5 Å². The largest absolute Gasteiger partial charge is 0.392 e. The third-order valence-electron chi connectivity index (χ3n) is 4.01. The molecule has 1 aromatic heterocycles. The van der Waals surface area contributed by atoms with E-state index in [0.29, 0.717) is 11.5 Å². The molecule has 0 aromatic carbocycles. The van der Waals surface area contributed by atoms with Crippen molar-refractivity contribution in [2.75, 3.05) is 6.54 Å². The van der Waals surface area contributed by atoms with Gasteiger partial charge in [-0.15, -0.1) is 0 Å². The summed E-state index contributed by atoms with van der Waals surface area (Å²) in [6.45, 7) is 0.570. The fourth-order valence-electron chi connectivity index (χ4n) is 2.76. The molecule has 1 heterocycles. The van der Waals surface area contributed by atoms with E-state index in [4.69, 9.17) is 18.0 Å². The Labute approximate surface area is 125 Å². The number of carbonyl (C=O) groups excluding carboxylic acids is 1. The van der Waals surface area contributed by atoms with Crippen molar-refractivity contribution in [2.24, 2.45) is 11.1 Å². The lowest BCUT2D eigenvalue weighted by Gasteiger charge is -2.34. The molecule has 0 saturated heterocycles. The Kier molecular flexibility index (Phi) is 5.06. The van der Waals surface area contributed by atoms with Gasteiger partial charge in [0.1, 0.15) is 0 Å². The van der Waals surface area contributed by atoms with Gasteiger partial charge in [0.2, 0.25) is 5.91 Å². The molecule has 0 bridgehead atoms. The highest BCUT2D eigenvalue weighted by Crippen LogP contribution is 2.36. The molecule has 0 spiro atoms. The number of carbonyl (C=O) groups is 1. The summed E-state index contributed by atoms with van der Waals surface area (Å²) in [5, 5.41) is 2.98. The van der Waals surface area contributed by atoms with Crippen LogP contribution < -0.4 is 11.1 Å². The van der Waals surface area contributed by atoms with Crippen molar-refractivity contribution in [3.05, 3.63) is 30.1 Å². The SMILES string of the molecule is NC(=S)C1(C(=O)NCCc2ccccn2)CCCCC1. The molecule has 1 saturated carbocycles. The van der Waals surface area contributed by atoms with E-state index in [0.717, 1.165) is 44.2 Å². The monoisotopic (exact) mass is 291 g/mol. The summed E-state index contributed by atoms with van der Waals surface area (Å²) in [7, 11) is 0. The second-order valence-electron chi connectivity index (χ2n) is 5.33. The van der Waals surface area contributed by atoms with Gasteiger partial charge in [-0.3, -0.25) is 9.78 Å². The van der Waals surface area contributed by atoms with Crippen LogP contribution in [0.2, 0.25) is 0 Å². The lowest BCUT2D eigenvalue weighted by molar-refractivity contribution is -0.128. The summed E-state index contributed by atoms with van der Waals surface area (Å²) < 4.78 is 0. The molecule has 20 heavy (non-hydrogen) atoms. The number of amides is 1. The summed E-state index contributed by atoms with van der Waals surface area (Å²) in [4.78, 5) is 17.0. The van der Waals surface area contributed by atoms with Gasteiger partial charge in [0.05, 0.1) is 10.4 Å². The Morgan fingerprint density at radius 1 is 1.35 bits per heavy atom. The summed E-state index contributed by atoms with van der Waals surface area (Å²) in [5.74, 6) is -0.0133. The maximum atomic E-state index is 12.5. The molecule has 1 aliphatic carbocycles. The molecular weight excluding hydrogens is 270 g/mol. The van der Waals surface area contributed by atoms with Crippen LogP contribution in [0.25, 0.3) is 0 Å². The van der Waals surface area contributed by atoms with E-state index in [1.54, 1.807) is 6.20 Å². The number of pyridine rings is 1. The second-order valence-corrected chi connectivity index (χ2v) is 5.77. The molecule has 1 aromatic rings. The number of nitrogens with two attached hydrogens (primary N) is 1. The molecule has 108 valence electrons. The number of aromatic nitrogens is 1.